The Labute approximate surface area is 120 Å². The Kier molecular flexibility index (Phi) is 3.59. The monoisotopic (exact) mass is 268 g/mol. The molecule has 0 saturated carbocycles. The Morgan fingerprint density at radius 2 is 2.00 bits per heavy atom. The number of carbonyl (C=O) groups excluding carboxylic acids is 1. The molecule has 104 valence electrons. The van der Waals surface area contributed by atoms with Crippen molar-refractivity contribution in [3.63, 3.8) is 0 Å². The number of hydrogen-bond acceptors (Lipinski definition) is 2. The molecule has 2 aliphatic rings. The van der Waals surface area contributed by atoms with Crippen molar-refractivity contribution >= 4 is 5.91 Å². The number of hydrogen-bond donors (Lipinski definition) is 1. The smallest absolute Gasteiger partial charge is 0.251 e. The van der Waals surface area contributed by atoms with E-state index >= 15 is 0 Å². The van der Waals surface area contributed by atoms with Crippen molar-refractivity contribution in [2.75, 3.05) is 19.6 Å². The zero-order valence-electron chi connectivity index (χ0n) is 11.9. The molecule has 1 aromatic carbocycles. The lowest BCUT2D eigenvalue weighted by molar-refractivity contribution is 0.0955. The molecule has 0 spiro atoms. The predicted molar refractivity (Wildman–Crippen MR) is 80.7 cm³/mol. The van der Waals surface area contributed by atoms with E-state index < -0.39 is 0 Å². The van der Waals surface area contributed by atoms with Gasteiger partial charge in [0.05, 0.1) is 0 Å². The van der Waals surface area contributed by atoms with Crippen LogP contribution in [0.1, 0.15) is 28.4 Å². The summed E-state index contributed by atoms with van der Waals surface area (Å²) in [7, 11) is 0. The lowest BCUT2D eigenvalue weighted by Crippen LogP contribution is -2.26. The first kappa shape index (κ1) is 13.0. The minimum atomic E-state index is 0.0287. The van der Waals surface area contributed by atoms with Gasteiger partial charge in [-0.25, -0.2) is 0 Å². The molecule has 1 aliphatic carbocycles. The maximum atomic E-state index is 11.9. The van der Waals surface area contributed by atoms with Crippen LogP contribution in [0.3, 0.4) is 0 Å². The van der Waals surface area contributed by atoms with Crippen LogP contribution in [-0.2, 0) is 12.8 Å². The number of carbonyl (C=O) groups is 1. The largest absolute Gasteiger partial charge is 0.371 e. The van der Waals surface area contributed by atoms with Gasteiger partial charge in [0.25, 0.3) is 5.91 Å². The number of nitrogens with zero attached hydrogens (tertiary/aromatic N) is 1. The third-order valence-electron chi connectivity index (χ3n) is 4.01. The number of amides is 1. The van der Waals surface area contributed by atoms with E-state index in [0.29, 0.717) is 6.54 Å². The molecule has 0 aromatic heterocycles. The molecule has 0 atom stereocenters. The van der Waals surface area contributed by atoms with Crippen LogP contribution >= 0.6 is 0 Å². The molecule has 3 heteroatoms. The van der Waals surface area contributed by atoms with Crippen LogP contribution in [0.4, 0.5) is 0 Å². The van der Waals surface area contributed by atoms with Crippen molar-refractivity contribution < 1.29 is 4.79 Å². The fourth-order valence-corrected chi connectivity index (χ4v) is 2.78. The normalized spacial score (nSPS) is 16.9. The van der Waals surface area contributed by atoms with Crippen molar-refractivity contribution in [2.24, 2.45) is 0 Å². The van der Waals surface area contributed by atoms with Crippen LogP contribution in [0.2, 0.25) is 0 Å². The fourth-order valence-electron chi connectivity index (χ4n) is 2.78. The van der Waals surface area contributed by atoms with Gasteiger partial charge in [0.15, 0.2) is 0 Å². The number of rotatable bonds is 3. The zero-order chi connectivity index (χ0) is 13.9. The summed E-state index contributed by atoms with van der Waals surface area (Å²) in [4.78, 5) is 14.3. The number of allylic oxidation sites excluding steroid dienone is 3. The van der Waals surface area contributed by atoms with Crippen LogP contribution in [0.5, 0.6) is 0 Å². The molecule has 1 amide bonds. The third-order valence-corrected chi connectivity index (χ3v) is 4.01. The average Bonchev–Trinajstić information content (AvgIpc) is 2.60. The van der Waals surface area contributed by atoms with Gasteiger partial charge in [-0.15, -0.1) is 0 Å². The first-order chi connectivity index (χ1) is 9.78. The average molecular weight is 268 g/mol. The standard InChI is InChI=1S/C17H20N2O/c1-2-18-17(20)15-7-6-13-8-10-19(16-4-3-5-16)11-9-14(13)12-15/h3-7,12H,2,8-11H2,1H3,(H,18,20). The van der Waals surface area contributed by atoms with Crippen LogP contribution in [0.25, 0.3) is 0 Å². The molecular weight excluding hydrogens is 248 g/mol. The molecular formula is C17H20N2O. The van der Waals surface area contributed by atoms with E-state index in [9.17, 15) is 4.79 Å². The van der Waals surface area contributed by atoms with Gasteiger partial charge < -0.3 is 10.2 Å². The molecule has 0 saturated heterocycles. The van der Waals surface area contributed by atoms with E-state index in [0.717, 1.165) is 31.5 Å². The third kappa shape index (κ3) is 2.48. The van der Waals surface area contributed by atoms with Crippen molar-refractivity contribution in [3.8, 4) is 0 Å². The van der Waals surface area contributed by atoms with Gasteiger partial charge >= 0.3 is 0 Å². The van der Waals surface area contributed by atoms with Gasteiger partial charge in [-0.1, -0.05) is 12.1 Å². The molecule has 3 rings (SSSR count). The lowest BCUT2D eigenvalue weighted by Gasteiger charge is -2.26. The van der Waals surface area contributed by atoms with Crippen molar-refractivity contribution in [1.82, 2.24) is 10.2 Å². The van der Waals surface area contributed by atoms with E-state index in [1.54, 1.807) is 0 Å². The number of benzene rings is 1. The highest BCUT2D eigenvalue weighted by Crippen LogP contribution is 2.22. The first-order valence-corrected chi connectivity index (χ1v) is 7.31. The Hall–Kier alpha value is -2.03. The highest BCUT2D eigenvalue weighted by atomic mass is 16.1. The van der Waals surface area contributed by atoms with Crippen molar-refractivity contribution in [3.05, 3.63) is 58.8 Å². The topological polar surface area (TPSA) is 32.3 Å². The molecule has 1 heterocycles. The summed E-state index contributed by atoms with van der Waals surface area (Å²) in [5, 5.41) is 2.86. The minimum Gasteiger partial charge on any atom is -0.371 e. The van der Waals surface area contributed by atoms with Gasteiger partial charge in [-0.05, 0) is 55.2 Å². The summed E-state index contributed by atoms with van der Waals surface area (Å²) in [5.41, 5.74) is 4.81. The van der Waals surface area contributed by atoms with Gasteiger partial charge in [-0.2, -0.15) is 0 Å². The second-order valence-electron chi connectivity index (χ2n) is 5.28. The number of fused-ring (bicyclic) bond motifs is 1. The summed E-state index contributed by atoms with van der Waals surface area (Å²) in [6, 6.07) is 6.13. The maximum Gasteiger partial charge on any atom is 0.251 e. The molecule has 0 bridgehead atoms. The van der Waals surface area contributed by atoms with Gasteiger partial charge in [-0.3, -0.25) is 4.79 Å². The Bertz CT molecular complexity index is 587. The summed E-state index contributed by atoms with van der Waals surface area (Å²) in [6.45, 7) is 4.70. The highest BCUT2D eigenvalue weighted by molar-refractivity contribution is 5.94. The maximum absolute atomic E-state index is 11.9. The fraction of sp³-hybridized carbons (Fsp3) is 0.353. The van der Waals surface area contributed by atoms with E-state index in [-0.39, 0.29) is 5.91 Å². The van der Waals surface area contributed by atoms with Gasteiger partial charge in [0.1, 0.15) is 0 Å². The molecule has 3 nitrogen and oxygen atoms in total. The molecule has 1 N–H and O–H groups in total. The van der Waals surface area contributed by atoms with Gasteiger partial charge in [0, 0.05) is 30.9 Å². The van der Waals surface area contributed by atoms with E-state index in [1.165, 1.54) is 16.8 Å². The molecule has 0 fully saturated rings. The zero-order valence-corrected chi connectivity index (χ0v) is 11.9. The summed E-state index contributed by atoms with van der Waals surface area (Å²) >= 11 is 0. The summed E-state index contributed by atoms with van der Waals surface area (Å²) in [5.74, 6) is 0.0287. The van der Waals surface area contributed by atoms with Crippen LogP contribution in [0, 0.1) is 0 Å². The second-order valence-corrected chi connectivity index (χ2v) is 5.28. The molecule has 0 radical (unpaired) electrons. The van der Waals surface area contributed by atoms with E-state index in [2.05, 4.69) is 40.6 Å². The highest BCUT2D eigenvalue weighted by Gasteiger charge is 2.17. The van der Waals surface area contributed by atoms with Crippen molar-refractivity contribution in [2.45, 2.75) is 19.8 Å². The quantitative estimate of drug-likeness (QED) is 0.912. The Morgan fingerprint density at radius 3 is 2.65 bits per heavy atom. The minimum absolute atomic E-state index is 0.0287. The van der Waals surface area contributed by atoms with Crippen LogP contribution < -0.4 is 5.32 Å². The predicted octanol–water partition coefficient (Wildman–Crippen LogP) is 2.29. The molecule has 1 aromatic rings. The van der Waals surface area contributed by atoms with E-state index in [4.69, 9.17) is 0 Å². The van der Waals surface area contributed by atoms with Crippen LogP contribution in [-0.4, -0.2) is 30.4 Å². The summed E-state index contributed by atoms with van der Waals surface area (Å²) < 4.78 is 0. The van der Waals surface area contributed by atoms with Crippen LogP contribution in [0.15, 0.2) is 42.1 Å². The Morgan fingerprint density at radius 1 is 1.25 bits per heavy atom. The molecule has 1 aliphatic heterocycles. The van der Waals surface area contributed by atoms with Crippen molar-refractivity contribution in [1.29, 1.82) is 0 Å². The lowest BCUT2D eigenvalue weighted by atomic mass is 10.00. The van der Waals surface area contributed by atoms with Gasteiger partial charge in [0.2, 0.25) is 0 Å². The SMILES string of the molecule is CCNC(=O)c1ccc2c(c1)CCN(C1=CC=C1)CC2. The summed E-state index contributed by atoms with van der Waals surface area (Å²) in [6.07, 6.45) is 8.47. The molecule has 20 heavy (non-hydrogen) atoms. The molecule has 0 unspecified atom stereocenters. The second kappa shape index (κ2) is 5.53. The Balaban J connectivity index is 1.76. The van der Waals surface area contributed by atoms with E-state index in [1.807, 2.05) is 13.0 Å². The first-order valence-electron chi connectivity index (χ1n) is 7.31. The number of nitrogens with one attached hydrogen (secondary N) is 1.